The van der Waals surface area contributed by atoms with Gasteiger partial charge in [0.2, 0.25) is 0 Å². The normalized spacial score (nSPS) is 32.0. The van der Waals surface area contributed by atoms with Crippen molar-refractivity contribution in [1.82, 2.24) is 0 Å². The first-order valence-electron chi connectivity index (χ1n) is 11.8. The van der Waals surface area contributed by atoms with Gasteiger partial charge in [0.15, 0.2) is 7.38 Å². The first-order chi connectivity index (χ1) is 13.0. The summed E-state index contributed by atoms with van der Waals surface area (Å²) in [6.07, 6.45) is 10.9. The van der Waals surface area contributed by atoms with Gasteiger partial charge in [-0.1, -0.05) is 97.6 Å². The fourth-order valence-electron chi connectivity index (χ4n) is 6.26. The number of hydrogen-bond donors (Lipinski definition) is 0. The molecule has 0 unspecified atom stereocenters. The van der Waals surface area contributed by atoms with Gasteiger partial charge in [0.05, 0.1) is 0 Å². The second kappa shape index (κ2) is 8.46. The third-order valence-electron chi connectivity index (χ3n) is 8.31. The zero-order valence-electron chi connectivity index (χ0n) is 19.2. The minimum atomic E-state index is -2.03. The summed E-state index contributed by atoms with van der Waals surface area (Å²) in [5.41, 5.74) is 2.40. The number of halogens is 1. The minimum Gasteiger partial charge on any atom is -0.160 e. The molecule has 0 spiro atoms. The lowest BCUT2D eigenvalue weighted by molar-refractivity contribution is 0.172. The Kier molecular flexibility index (Phi) is 6.77. The molecular formula is C26H43ClSi. The molecule has 158 valence electrons. The van der Waals surface area contributed by atoms with Crippen LogP contribution in [-0.4, -0.2) is 7.38 Å². The first kappa shape index (κ1) is 22.4. The Bertz CT molecular complexity index is 574. The number of hydrogen-bond acceptors (Lipinski definition) is 0. The third kappa shape index (κ3) is 4.72. The van der Waals surface area contributed by atoms with E-state index < -0.39 is 7.38 Å². The highest BCUT2D eigenvalue weighted by Gasteiger charge is 2.50. The van der Waals surface area contributed by atoms with Crippen LogP contribution in [-0.2, 0) is 0 Å². The Morgan fingerprint density at radius 2 is 1.00 bits per heavy atom. The van der Waals surface area contributed by atoms with E-state index in [0.717, 1.165) is 22.9 Å². The molecule has 2 aliphatic carbocycles. The highest BCUT2D eigenvalue weighted by Crippen LogP contribution is 2.54. The molecule has 1 aromatic carbocycles. The molecule has 0 aromatic heterocycles. The molecule has 2 aliphatic rings. The first-order valence-corrected chi connectivity index (χ1v) is 14.9. The summed E-state index contributed by atoms with van der Waals surface area (Å²) in [7, 11) is -2.03. The number of rotatable bonds is 3. The fraction of sp³-hybridized carbons (Fsp3) is 0.769. The molecule has 2 fully saturated rings. The molecule has 0 bridgehead atoms. The minimum absolute atomic E-state index is 0.443. The maximum absolute atomic E-state index is 7.89. The van der Waals surface area contributed by atoms with Crippen LogP contribution >= 0.6 is 11.1 Å². The van der Waals surface area contributed by atoms with Crippen molar-refractivity contribution in [1.29, 1.82) is 0 Å². The molecule has 0 heterocycles. The van der Waals surface area contributed by atoms with Crippen molar-refractivity contribution >= 4 is 23.6 Å². The van der Waals surface area contributed by atoms with E-state index in [1.165, 1.54) is 56.6 Å². The molecule has 0 N–H and O–H groups in total. The van der Waals surface area contributed by atoms with E-state index in [0.29, 0.717) is 10.8 Å². The lowest BCUT2D eigenvalue weighted by Crippen LogP contribution is -2.53. The zero-order valence-corrected chi connectivity index (χ0v) is 21.0. The summed E-state index contributed by atoms with van der Waals surface area (Å²) in [4.78, 5) is 0. The summed E-state index contributed by atoms with van der Waals surface area (Å²) < 4.78 is 0. The third-order valence-corrected chi connectivity index (χ3v) is 15.6. The predicted molar refractivity (Wildman–Crippen MR) is 128 cm³/mol. The van der Waals surface area contributed by atoms with Gasteiger partial charge in [-0.25, -0.2) is 0 Å². The molecule has 0 radical (unpaired) electrons. The van der Waals surface area contributed by atoms with Crippen molar-refractivity contribution in [3.05, 3.63) is 30.3 Å². The quantitative estimate of drug-likeness (QED) is 0.342. The van der Waals surface area contributed by atoms with E-state index in [9.17, 15) is 0 Å². The van der Waals surface area contributed by atoms with Gasteiger partial charge in [-0.2, -0.15) is 11.1 Å². The van der Waals surface area contributed by atoms with Crippen LogP contribution in [0.2, 0.25) is 11.1 Å². The number of benzene rings is 1. The molecule has 0 nitrogen and oxygen atoms in total. The van der Waals surface area contributed by atoms with Gasteiger partial charge in [-0.3, -0.25) is 0 Å². The van der Waals surface area contributed by atoms with E-state index in [-0.39, 0.29) is 0 Å². The Hall–Kier alpha value is -0.273. The van der Waals surface area contributed by atoms with E-state index in [2.05, 4.69) is 71.9 Å². The van der Waals surface area contributed by atoms with Gasteiger partial charge in [-0.05, 0) is 64.6 Å². The smallest absolute Gasteiger partial charge is 0.160 e. The van der Waals surface area contributed by atoms with E-state index in [1.807, 2.05) is 0 Å². The highest BCUT2D eigenvalue weighted by atomic mass is 35.6. The van der Waals surface area contributed by atoms with Crippen LogP contribution < -0.4 is 5.19 Å². The average molecular weight is 419 g/mol. The standard InChI is InChI=1S/C26H43ClSi/c1-25(2,3)20-12-16-23(17-13-20)28(27,22-10-8-7-9-11-22)24-18-14-21(15-19-24)26(4,5)6/h7-11,20-21,23-24H,12-19H2,1-6H3. The van der Waals surface area contributed by atoms with Crippen LogP contribution in [0.25, 0.3) is 0 Å². The van der Waals surface area contributed by atoms with Crippen molar-refractivity contribution in [2.45, 2.75) is 104 Å². The van der Waals surface area contributed by atoms with Crippen molar-refractivity contribution in [3.8, 4) is 0 Å². The summed E-state index contributed by atoms with van der Waals surface area (Å²) >= 11 is 7.89. The Morgan fingerprint density at radius 3 is 1.32 bits per heavy atom. The van der Waals surface area contributed by atoms with E-state index in [1.54, 1.807) is 0 Å². The van der Waals surface area contributed by atoms with Crippen molar-refractivity contribution < 1.29 is 0 Å². The fourth-order valence-corrected chi connectivity index (χ4v) is 12.6. The molecule has 0 amide bonds. The monoisotopic (exact) mass is 418 g/mol. The topological polar surface area (TPSA) is 0 Å². The SMILES string of the molecule is CC(C)(C)C1CCC([Si](Cl)(c2ccccc2)C2CCC(C(C)(C)C)CC2)CC1. The van der Waals surface area contributed by atoms with Crippen LogP contribution in [0.15, 0.2) is 30.3 Å². The van der Waals surface area contributed by atoms with Gasteiger partial charge in [0.25, 0.3) is 0 Å². The van der Waals surface area contributed by atoms with Crippen LogP contribution in [0, 0.1) is 22.7 Å². The van der Waals surface area contributed by atoms with Gasteiger partial charge in [0, 0.05) is 0 Å². The molecule has 1 aromatic rings. The Balaban J connectivity index is 1.81. The summed E-state index contributed by atoms with van der Waals surface area (Å²) in [5.74, 6) is 1.73. The van der Waals surface area contributed by atoms with Gasteiger partial charge in [0.1, 0.15) is 0 Å². The lowest BCUT2D eigenvalue weighted by atomic mass is 9.72. The predicted octanol–water partition coefficient (Wildman–Crippen LogP) is 8.29. The molecule has 0 saturated heterocycles. The molecule has 0 atom stereocenters. The average Bonchev–Trinajstić information content (AvgIpc) is 2.67. The Labute approximate surface area is 180 Å². The summed E-state index contributed by atoms with van der Waals surface area (Å²) in [5, 5.41) is 1.52. The molecule has 2 saturated carbocycles. The molecule has 28 heavy (non-hydrogen) atoms. The second-order valence-corrected chi connectivity index (χ2v) is 17.6. The maximum atomic E-state index is 7.89. The lowest BCUT2D eigenvalue weighted by Gasteiger charge is -2.48. The van der Waals surface area contributed by atoms with Crippen molar-refractivity contribution in [2.24, 2.45) is 22.7 Å². The van der Waals surface area contributed by atoms with Crippen LogP contribution in [0.3, 0.4) is 0 Å². The van der Waals surface area contributed by atoms with Gasteiger partial charge >= 0.3 is 0 Å². The van der Waals surface area contributed by atoms with E-state index in [4.69, 9.17) is 11.1 Å². The highest BCUT2D eigenvalue weighted by molar-refractivity contribution is 7.28. The molecule has 2 heteroatoms. The van der Waals surface area contributed by atoms with E-state index >= 15 is 0 Å². The van der Waals surface area contributed by atoms with Crippen LogP contribution in [0.5, 0.6) is 0 Å². The van der Waals surface area contributed by atoms with Gasteiger partial charge < -0.3 is 0 Å². The molecule has 0 aliphatic heterocycles. The van der Waals surface area contributed by atoms with Crippen LogP contribution in [0.1, 0.15) is 92.9 Å². The second-order valence-electron chi connectivity index (χ2n) is 12.0. The van der Waals surface area contributed by atoms with Gasteiger partial charge in [-0.15, -0.1) is 0 Å². The Morgan fingerprint density at radius 1 is 0.643 bits per heavy atom. The van der Waals surface area contributed by atoms with Crippen molar-refractivity contribution in [2.75, 3.05) is 0 Å². The summed E-state index contributed by atoms with van der Waals surface area (Å²) in [6, 6.07) is 11.3. The largest absolute Gasteiger partial charge is 0.192 e. The summed E-state index contributed by atoms with van der Waals surface area (Å²) in [6.45, 7) is 14.5. The zero-order chi connectivity index (χ0) is 20.6. The van der Waals surface area contributed by atoms with Crippen LogP contribution in [0.4, 0.5) is 0 Å². The maximum Gasteiger partial charge on any atom is 0.192 e. The molecular weight excluding hydrogens is 376 g/mol. The molecule has 3 rings (SSSR count). The van der Waals surface area contributed by atoms with Crippen molar-refractivity contribution in [3.63, 3.8) is 0 Å².